The van der Waals surface area contributed by atoms with E-state index >= 15 is 0 Å². The number of rotatable bonds is 3. The number of ether oxygens (including phenoxy) is 1. The topological polar surface area (TPSA) is 89.3 Å². The molecule has 4 rings (SSSR count). The summed E-state index contributed by atoms with van der Waals surface area (Å²) in [6, 6.07) is 6.65. The van der Waals surface area contributed by atoms with Gasteiger partial charge in [-0.25, -0.2) is 4.79 Å². The Bertz CT molecular complexity index is 969. The Balaban J connectivity index is 1.65. The van der Waals surface area contributed by atoms with Crippen LogP contribution in [0.2, 0.25) is 5.02 Å². The van der Waals surface area contributed by atoms with Crippen molar-refractivity contribution in [2.75, 3.05) is 17.2 Å². The van der Waals surface area contributed by atoms with Gasteiger partial charge in [-0.1, -0.05) is 28.9 Å². The second-order valence-corrected chi connectivity index (χ2v) is 7.23. The highest BCUT2D eigenvalue weighted by molar-refractivity contribution is 7.17. The number of carbonyl (C=O) groups is 1. The van der Waals surface area contributed by atoms with Crippen LogP contribution in [-0.4, -0.2) is 22.8 Å². The molecule has 2 aromatic heterocycles. The highest BCUT2D eigenvalue weighted by atomic mass is 35.5. The zero-order valence-electron chi connectivity index (χ0n) is 13.8. The first-order valence-corrected chi connectivity index (χ1v) is 9.17. The molecule has 0 spiro atoms. The minimum atomic E-state index is -0.393. The van der Waals surface area contributed by atoms with E-state index in [1.54, 1.807) is 31.2 Å². The average Bonchev–Trinajstić information content (AvgIpc) is 3.19. The quantitative estimate of drug-likeness (QED) is 0.688. The first-order valence-electron chi connectivity index (χ1n) is 7.97. The highest BCUT2D eigenvalue weighted by Gasteiger charge is 2.26. The minimum absolute atomic E-state index is 0.393. The molecular formula is C17H15ClN4O3S. The van der Waals surface area contributed by atoms with Crippen LogP contribution < -0.4 is 10.6 Å². The fourth-order valence-electron chi connectivity index (χ4n) is 2.76. The van der Waals surface area contributed by atoms with Gasteiger partial charge in [-0.05, 0) is 31.0 Å². The largest absolute Gasteiger partial charge is 0.376 e. The van der Waals surface area contributed by atoms with Crippen LogP contribution in [0.25, 0.3) is 11.5 Å². The molecule has 3 heterocycles. The Labute approximate surface area is 158 Å². The van der Waals surface area contributed by atoms with Crippen molar-refractivity contribution in [3.8, 4) is 11.5 Å². The van der Waals surface area contributed by atoms with E-state index in [9.17, 15) is 4.79 Å². The third kappa shape index (κ3) is 3.31. The molecule has 1 aromatic carbocycles. The number of fused-ring (bicyclic) bond motifs is 1. The monoisotopic (exact) mass is 390 g/mol. The number of aromatic nitrogens is 2. The SMILES string of the molecule is Cc1noc(-c2c(NC(=O)Nc3ccccc3Cl)sc3c2CCOC3)n1. The van der Waals surface area contributed by atoms with Gasteiger partial charge in [0.15, 0.2) is 5.82 Å². The van der Waals surface area contributed by atoms with E-state index < -0.39 is 6.03 Å². The number of thiophene rings is 1. The van der Waals surface area contributed by atoms with Crippen molar-refractivity contribution in [2.24, 2.45) is 0 Å². The summed E-state index contributed by atoms with van der Waals surface area (Å²) in [7, 11) is 0. The number of aryl methyl sites for hydroxylation is 1. The number of urea groups is 1. The molecule has 0 aliphatic carbocycles. The van der Waals surface area contributed by atoms with E-state index in [4.69, 9.17) is 20.9 Å². The van der Waals surface area contributed by atoms with Gasteiger partial charge in [0, 0.05) is 4.88 Å². The zero-order valence-corrected chi connectivity index (χ0v) is 15.4. The number of nitrogens with one attached hydrogen (secondary N) is 2. The second kappa shape index (κ2) is 7.06. The van der Waals surface area contributed by atoms with Crippen LogP contribution in [0.1, 0.15) is 16.3 Å². The molecule has 9 heteroatoms. The molecule has 0 unspecified atom stereocenters. The number of halogens is 1. The molecule has 1 aliphatic rings. The van der Waals surface area contributed by atoms with E-state index in [0.29, 0.717) is 40.6 Å². The van der Waals surface area contributed by atoms with Gasteiger partial charge < -0.3 is 14.6 Å². The molecule has 7 nitrogen and oxygen atoms in total. The van der Waals surface area contributed by atoms with Crippen LogP contribution in [-0.2, 0) is 17.8 Å². The van der Waals surface area contributed by atoms with Gasteiger partial charge in [0.05, 0.1) is 29.5 Å². The maximum Gasteiger partial charge on any atom is 0.324 e. The Kier molecular flexibility index (Phi) is 4.62. The van der Waals surface area contributed by atoms with E-state index in [-0.39, 0.29) is 0 Å². The van der Waals surface area contributed by atoms with Crippen molar-refractivity contribution in [1.29, 1.82) is 0 Å². The Hall–Kier alpha value is -2.42. The first-order chi connectivity index (χ1) is 12.6. The van der Waals surface area contributed by atoms with Gasteiger partial charge in [0.25, 0.3) is 5.89 Å². The lowest BCUT2D eigenvalue weighted by Crippen LogP contribution is -2.19. The number of amides is 2. The molecule has 26 heavy (non-hydrogen) atoms. The maximum atomic E-state index is 12.5. The summed E-state index contributed by atoms with van der Waals surface area (Å²) in [5.74, 6) is 0.938. The summed E-state index contributed by atoms with van der Waals surface area (Å²) >= 11 is 7.55. The van der Waals surface area contributed by atoms with E-state index in [1.165, 1.54) is 11.3 Å². The Morgan fingerprint density at radius 3 is 2.92 bits per heavy atom. The summed E-state index contributed by atoms with van der Waals surface area (Å²) in [6.07, 6.45) is 0.733. The Morgan fingerprint density at radius 1 is 1.31 bits per heavy atom. The van der Waals surface area contributed by atoms with Crippen LogP contribution >= 0.6 is 22.9 Å². The van der Waals surface area contributed by atoms with Gasteiger partial charge in [0.1, 0.15) is 5.00 Å². The smallest absolute Gasteiger partial charge is 0.324 e. The molecule has 3 aromatic rings. The molecule has 0 radical (unpaired) electrons. The maximum absolute atomic E-state index is 12.5. The van der Waals surface area contributed by atoms with Gasteiger partial charge in [-0.2, -0.15) is 4.98 Å². The number of carbonyl (C=O) groups excluding carboxylic acids is 1. The van der Waals surface area contributed by atoms with Gasteiger partial charge in [-0.3, -0.25) is 5.32 Å². The number of hydrogen-bond acceptors (Lipinski definition) is 6. The first kappa shape index (κ1) is 17.0. The molecule has 0 bridgehead atoms. The standard InChI is InChI=1S/C17H15ClN4O3S/c1-9-19-15(25-22-9)14-10-6-7-24-8-13(10)26-16(14)21-17(23)20-12-5-3-2-4-11(12)18/h2-5H,6-8H2,1H3,(H2,20,21,23). The lowest BCUT2D eigenvalue weighted by Gasteiger charge is -2.12. The van der Waals surface area contributed by atoms with Crippen LogP contribution in [0.5, 0.6) is 0 Å². The van der Waals surface area contributed by atoms with E-state index in [0.717, 1.165) is 22.4 Å². The number of anilines is 2. The summed E-state index contributed by atoms with van der Waals surface area (Å²) in [4.78, 5) is 17.8. The zero-order chi connectivity index (χ0) is 18.1. The molecule has 134 valence electrons. The number of para-hydroxylation sites is 1. The molecule has 0 saturated heterocycles. The summed E-state index contributed by atoms with van der Waals surface area (Å²) in [5, 5.41) is 10.6. The van der Waals surface area contributed by atoms with Crippen molar-refractivity contribution in [2.45, 2.75) is 20.0 Å². The van der Waals surface area contributed by atoms with Gasteiger partial charge in [-0.15, -0.1) is 11.3 Å². The van der Waals surface area contributed by atoms with Crippen molar-refractivity contribution in [1.82, 2.24) is 10.1 Å². The summed E-state index contributed by atoms with van der Waals surface area (Å²) in [6.45, 7) is 2.88. The van der Waals surface area contributed by atoms with Crippen molar-refractivity contribution >= 4 is 39.7 Å². The molecule has 1 aliphatic heterocycles. The van der Waals surface area contributed by atoms with Crippen LogP contribution in [0.15, 0.2) is 28.8 Å². The number of hydrogen-bond donors (Lipinski definition) is 2. The second-order valence-electron chi connectivity index (χ2n) is 5.72. The molecule has 2 N–H and O–H groups in total. The molecular weight excluding hydrogens is 376 g/mol. The predicted molar refractivity (Wildman–Crippen MR) is 99.8 cm³/mol. The highest BCUT2D eigenvalue weighted by Crippen LogP contribution is 2.42. The third-order valence-corrected chi connectivity index (χ3v) is 5.36. The van der Waals surface area contributed by atoms with Crippen LogP contribution in [0.4, 0.5) is 15.5 Å². The third-order valence-electron chi connectivity index (χ3n) is 3.91. The number of nitrogens with zero attached hydrogens (tertiary/aromatic N) is 2. The van der Waals surface area contributed by atoms with E-state index in [2.05, 4.69) is 20.8 Å². The average molecular weight is 391 g/mol. The minimum Gasteiger partial charge on any atom is -0.376 e. The molecule has 0 atom stereocenters. The van der Waals surface area contributed by atoms with Crippen molar-refractivity contribution in [3.63, 3.8) is 0 Å². The fraction of sp³-hybridized carbons (Fsp3) is 0.235. The lowest BCUT2D eigenvalue weighted by molar-refractivity contribution is 0.113. The fourth-order valence-corrected chi connectivity index (χ4v) is 4.12. The summed E-state index contributed by atoms with van der Waals surface area (Å²) < 4.78 is 10.9. The van der Waals surface area contributed by atoms with E-state index in [1.807, 2.05) is 0 Å². The van der Waals surface area contributed by atoms with Gasteiger partial charge >= 0.3 is 6.03 Å². The normalized spacial score (nSPS) is 13.3. The van der Waals surface area contributed by atoms with Crippen LogP contribution in [0, 0.1) is 6.92 Å². The molecule has 2 amide bonds. The lowest BCUT2D eigenvalue weighted by atomic mass is 10.1. The summed E-state index contributed by atoms with van der Waals surface area (Å²) in [5.41, 5.74) is 2.38. The Morgan fingerprint density at radius 2 is 2.15 bits per heavy atom. The predicted octanol–water partition coefficient (Wildman–Crippen LogP) is 4.48. The van der Waals surface area contributed by atoms with Crippen molar-refractivity contribution < 1.29 is 14.1 Å². The molecule has 0 fully saturated rings. The van der Waals surface area contributed by atoms with Gasteiger partial charge in [0.2, 0.25) is 0 Å². The van der Waals surface area contributed by atoms with Crippen molar-refractivity contribution in [3.05, 3.63) is 45.6 Å². The van der Waals surface area contributed by atoms with Crippen LogP contribution in [0.3, 0.4) is 0 Å². The molecule has 0 saturated carbocycles. The number of benzene rings is 1.